The Labute approximate surface area is 125 Å². The second-order valence-electron chi connectivity index (χ2n) is 5.36. The first-order valence-corrected chi connectivity index (χ1v) is 7.30. The monoisotopic (exact) mass is 286 g/mol. The minimum Gasteiger partial charge on any atom is -0.466 e. The van der Waals surface area contributed by atoms with Crippen LogP contribution >= 0.6 is 0 Å². The number of carbonyl (C=O) groups is 1. The number of nitrogens with zero attached hydrogens (tertiary/aromatic N) is 2. The van der Waals surface area contributed by atoms with Gasteiger partial charge in [-0.05, 0) is 44.9 Å². The second kappa shape index (κ2) is 6.57. The first-order valence-electron chi connectivity index (χ1n) is 7.30. The van der Waals surface area contributed by atoms with Gasteiger partial charge in [0.05, 0.1) is 24.4 Å². The van der Waals surface area contributed by atoms with Gasteiger partial charge in [-0.25, -0.2) is 4.68 Å². The zero-order valence-electron chi connectivity index (χ0n) is 13.1. The van der Waals surface area contributed by atoms with Gasteiger partial charge in [0.2, 0.25) is 0 Å². The molecule has 0 unspecified atom stereocenters. The maximum Gasteiger partial charge on any atom is 0.308 e. The molecule has 0 amide bonds. The summed E-state index contributed by atoms with van der Waals surface area (Å²) in [5.41, 5.74) is 4.40. The van der Waals surface area contributed by atoms with E-state index in [9.17, 15) is 4.79 Å². The molecule has 112 valence electrons. The van der Waals surface area contributed by atoms with Gasteiger partial charge in [-0.15, -0.1) is 0 Å². The molecule has 0 radical (unpaired) electrons. The lowest BCUT2D eigenvalue weighted by Crippen LogP contribution is -2.17. The van der Waals surface area contributed by atoms with E-state index in [0.717, 1.165) is 16.9 Å². The Morgan fingerprint density at radius 1 is 1.29 bits per heavy atom. The van der Waals surface area contributed by atoms with Crippen molar-refractivity contribution < 1.29 is 9.53 Å². The van der Waals surface area contributed by atoms with Crippen molar-refractivity contribution in [3.05, 3.63) is 47.3 Å². The zero-order valence-corrected chi connectivity index (χ0v) is 13.1. The standard InChI is InChI=1S/C17H22N2O2/c1-5-21-17(20)13(3)10-15-11-18-19(14(15)4)16-8-6-12(2)7-9-16/h6-9,11,13H,5,10H2,1-4H3/t13-/m1/s1. The Morgan fingerprint density at radius 3 is 2.57 bits per heavy atom. The number of hydrogen-bond acceptors (Lipinski definition) is 3. The van der Waals surface area contributed by atoms with Crippen molar-refractivity contribution in [1.82, 2.24) is 9.78 Å². The molecule has 4 nitrogen and oxygen atoms in total. The van der Waals surface area contributed by atoms with E-state index in [1.807, 2.05) is 43.8 Å². The summed E-state index contributed by atoms with van der Waals surface area (Å²) in [5.74, 6) is -0.306. The molecule has 4 heteroatoms. The van der Waals surface area contributed by atoms with Crippen LogP contribution in [0.1, 0.15) is 30.7 Å². The first kappa shape index (κ1) is 15.3. The maximum atomic E-state index is 11.7. The highest BCUT2D eigenvalue weighted by Gasteiger charge is 2.18. The number of benzene rings is 1. The van der Waals surface area contributed by atoms with Gasteiger partial charge in [-0.1, -0.05) is 24.6 Å². The number of aromatic nitrogens is 2. The number of aryl methyl sites for hydroxylation is 1. The van der Waals surface area contributed by atoms with Crippen LogP contribution in [0.15, 0.2) is 30.5 Å². The predicted molar refractivity (Wildman–Crippen MR) is 82.5 cm³/mol. The molecule has 0 aliphatic rings. The number of esters is 1. The van der Waals surface area contributed by atoms with Crippen LogP contribution in [-0.2, 0) is 16.0 Å². The fraction of sp³-hybridized carbons (Fsp3) is 0.412. The molecule has 0 saturated heterocycles. The van der Waals surface area contributed by atoms with E-state index in [-0.39, 0.29) is 11.9 Å². The van der Waals surface area contributed by atoms with Crippen LogP contribution in [-0.4, -0.2) is 22.4 Å². The summed E-state index contributed by atoms with van der Waals surface area (Å²) in [6.07, 6.45) is 2.49. The van der Waals surface area contributed by atoms with Crippen molar-refractivity contribution in [3.63, 3.8) is 0 Å². The van der Waals surface area contributed by atoms with E-state index < -0.39 is 0 Å². The lowest BCUT2D eigenvalue weighted by molar-refractivity contribution is -0.147. The Bertz CT molecular complexity index is 614. The van der Waals surface area contributed by atoms with Crippen LogP contribution in [0.4, 0.5) is 0 Å². The van der Waals surface area contributed by atoms with Gasteiger partial charge in [-0.2, -0.15) is 5.10 Å². The van der Waals surface area contributed by atoms with E-state index in [4.69, 9.17) is 4.74 Å². The fourth-order valence-electron chi connectivity index (χ4n) is 2.29. The highest BCUT2D eigenvalue weighted by atomic mass is 16.5. The molecular formula is C17H22N2O2. The predicted octanol–water partition coefficient (Wildman–Crippen LogP) is 3.23. The topological polar surface area (TPSA) is 44.1 Å². The van der Waals surface area contributed by atoms with Crippen LogP contribution in [0.25, 0.3) is 5.69 Å². The van der Waals surface area contributed by atoms with E-state index in [2.05, 4.69) is 24.2 Å². The molecule has 0 spiro atoms. The van der Waals surface area contributed by atoms with E-state index in [1.165, 1.54) is 5.56 Å². The van der Waals surface area contributed by atoms with Crippen LogP contribution in [0.3, 0.4) is 0 Å². The normalized spacial score (nSPS) is 12.2. The molecule has 0 bridgehead atoms. The second-order valence-corrected chi connectivity index (χ2v) is 5.36. The third-order valence-electron chi connectivity index (χ3n) is 3.61. The Hall–Kier alpha value is -2.10. The molecule has 1 heterocycles. The number of hydrogen-bond donors (Lipinski definition) is 0. The van der Waals surface area contributed by atoms with Gasteiger partial charge in [0.1, 0.15) is 0 Å². The lowest BCUT2D eigenvalue weighted by Gasteiger charge is -2.10. The minimum atomic E-state index is -0.153. The average Bonchev–Trinajstić information content (AvgIpc) is 2.81. The minimum absolute atomic E-state index is 0.153. The van der Waals surface area contributed by atoms with Crippen molar-refractivity contribution in [3.8, 4) is 5.69 Å². The molecule has 2 aromatic rings. The summed E-state index contributed by atoms with van der Waals surface area (Å²) >= 11 is 0. The molecule has 1 atom stereocenters. The zero-order chi connectivity index (χ0) is 15.4. The van der Waals surface area contributed by atoms with Gasteiger partial charge in [-0.3, -0.25) is 4.79 Å². The summed E-state index contributed by atoms with van der Waals surface area (Å²) in [6.45, 7) is 8.23. The van der Waals surface area contributed by atoms with E-state index in [1.54, 1.807) is 0 Å². The van der Waals surface area contributed by atoms with Crippen molar-refractivity contribution in [2.45, 2.75) is 34.1 Å². The van der Waals surface area contributed by atoms with Crippen molar-refractivity contribution in [2.24, 2.45) is 5.92 Å². The summed E-state index contributed by atoms with van der Waals surface area (Å²) in [5, 5.41) is 4.44. The summed E-state index contributed by atoms with van der Waals surface area (Å²) in [6, 6.07) is 8.23. The first-order chi connectivity index (χ1) is 10.0. The quantitative estimate of drug-likeness (QED) is 0.793. The molecule has 0 saturated carbocycles. The number of ether oxygens (including phenoxy) is 1. The molecule has 2 rings (SSSR count). The van der Waals surface area contributed by atoms with Crippen LogP contribution in [0.5, 0.6) is 0 Å². The largest absolute Gasteiger partial charge is 0.466 e. The summed E-state index contributed by atoms with van der Waals surface area (Å²) < 4.78 is 6.96. The van der Waals surface area contributed by atoms with Crippen LogP contribution in [0.2, 0.25) is 0 Å². The third kappa shape index (κ3) is 3.51. The molecule has 0 N–H and O–H groups in total. The van der Waals surface area contributed by atoms with Gasteiger partial charge >= 0.3 is 5.97 Å². The van der Waals surface area contributed by atoms with Gasteiger partial charge in [0.25, 0.3) is 0 Å². The van der Waals surface area contributed by atoms with E-state index in [0.29, 0.717) is 13.0 Å². The van der Waals surface area contributed by atoms with E-state index >= 15 is 0 Å². The average molecular weight is 286 g/mol. The van der Waals surface area contributed by atoms with Crippen molar-refractivity contribution in [1.29, 1.82) is 0 Å². The smallest absolute Gasteiger partial charge is 0.308 e. The third-order valence-corrected chi connectivity index (χ3v) is 3.61. The molecule has 1 aromatic carbocycles. The summed E-state index contributed by atoms with van der Waals surface area (Å²) in [4.78, 5) is 11.7. The van der Waals surface area contributed by atoms with Crippen LogP contribution < -0.4 is 0 Å². The molecule has 21 heavy (non-hydrogen) atoms. The lowest BCUT2D eigenvalue weighted by atomic mass is 10.0. The van der Waals surface area contributed by atoms with Crippen LogP contribution in [0, 0.1) is 19.8 Å². The molecular weight excluding hydrogens is 264 g/mol. The van der Waals surface area contributed by atoms with Crippen molar-refractivity contribution >= 4 is 5.97 Å². The SMILES string of the molecule is CCOC(=O)[C@H](C)Cc1cnn(-c2ccc(C)cc2)c1C. The Morgan fingerprint density at radius 2 is 1.95 bits per heavy atom. The number of rotatable bonds is 5. The van der Waals surface area contributed by atoms with Gasteiger partial charge in [0, 0.05) is 5.69 Å². The number of carbonyl (C=O) groups excluding carboxylic acids is 1. The maximum absolute atomic E-state index is 11.7. The van der Waals surface area contributed by atoms with Crippen molar-refractivity contribution in [2.75, 3.05) is 6.61 Å². The molecule has 1 aromatic heterocycles. The summed E-state index contributed by atoms with van der Waals surface area (Å²) in [7, 11) is 0. The van der Waals surface area contributed by atoms with Gasteiger partial charge < -0.3 is 4.74 Å². The highest BCUT2D eigenvalue weighted by molar-refractivity contribution is 5.72. The van der Waals surface area contributed by atoms with Gasteiger partial charge in [0.15, 0.2) is 0 Å². The molecule has 0 aliphatic carbocycles. The Balaban J connectivity index is 2.17. The molecule has 0 aliphatic heterocycles. The molecule has 0 fully saturated rings. The highest BCUT2D eigenvalue weighted by Crippen LogP contribution is 2.18. The fourth-order valence-corrected chi connectivity index (χ4v) is 2.29. The Kier molecular flexibility index (Phi) is 4.78.